The van der Waals surface area contributed by atoms with E-state index in [9.17, 15) is 52.7 Å². The van der Waals surface area contributed by atoms with Gasteiger partial charge < -0.3 is 0 Å². The highest BCUT2D eigenvalue weighted by atomic mass is 19.3. The Hall–Kier alpha value is -1.69. The molecule has 0 aliphatic heterocycles. The number of aromatic nitrogens is 1. The lowest BCUT2D eigenvalue weighted by Crippen LogP contribution is -2.51. The van der Waals surface area contributed by atoms with Crippen molar-refractivity contribution in [3.8, 4) is 0 Å². The Morgan fingerprint density at radius 2 is 0.690 bits per heavy atom. The molecule has 0 spiro atoms. The first-order chi connectivity index (χ1) is 13.4. The molecular formula is C16H16F12N+. The molecule has 168 valence electrons. The van der Waals surface area contributed by atoms with Crippen molar-refractivity contribution < 1.29 is 57.3 Å². The summed E-state index contributed by atoms with van der Waals surface area (Å²) in [5.41, 5.74) is 0. The van der Waals surface area contributed by atoms with Crippen LogP contribution in [0.5, 0.6) is 0 Å². The largest absolute Gasteiger partial charge is 0.333 e. The zero-order chi connectivity index (χ0) is 22.5. The first-order valence-electron chi connectivity index (χ1n) is 8.06. The van der Waals surface area contributed by atoms with Gasteiger partial charge in [0.05, 0.1) is 0 Å². The van der Waals surface area contributed by atoms with E-state index in [2.05, 4.69) is 0 Å². The number of halogens is 12. The summed E-state index contributed by atoms with van der Waals surface area (Å²) in [7, 11) is 0. The monoisotopic (exact) mass is 450 g/mol. The highest BCUT2D eigenvalue weighted by Crippen LogP contribution is 2.31. The van der Waals surface area contributed by atoms with Crippen molar-refractivity contribution in [2.24, 2.45) is 0 Å². The maximum Gasteiger partial charge on any atom is 0.333 e. The molecule has 10 atom stereocenters. The van der Waals surface area contributed by atoms with Crippen LogP contribution < -0.4 is 4.57 Å². The molecule has 0 amide bonds. The topological polar surface area (TPSA) is 3.88 Å². The van der Waals surface area contributed by atoms with Crippen LogP contribution in [0.25, 0.3) is 0 Å². The highest BCUT2D eigenvalue weighted by Gasteiger charge is 2.51. The zero-order valence-electron chi connectivity index (χ0n) is 14.2. The first-order valence-corrected chi connectivity index (χ1v) is 8.06. The standard InChI is InChI=1S/C16H16F12N/c17-6(7(18)9(20)11(22)13(24)15(26)27)8(19)10(21)12(23)14(25)16(28)29-4-2-1-3-5-29/h1-16H/q+1. The molecule has 1 aromatic rings. The molecule has 0 aromatic carbocycles. The van der Waals surface area contributed by atoms with Crippen LogP contribution in [-0.2, 0) is 0 Å². The second kappa shape index (κ2) is 10.9. The van der Waals surface area contributed by atoms with Gasteiger partial charge in [-0.25, -0.2) is 48.3 Å². The van der Waals surface area contributed by atoms with Gasteiger partial charge >= 0.3 is 6.30 Å². The molecule has 0 N–H and O–H groups in total. The molecule has 1 aromatic heterocycles. The van der Waals surface area contributed by atoms with E-state index in [1.165, 1.54) is 18.2 Å². The minimum Gasteiger partial charge on any atom is -0.241 e. The Balaban J connectivity index is 2.80. The van der Waals surface area contributed by atoms with Gasteiger partial charge in [-0.2, -0.15) is 8.96 Å². The van der Waals surface area contributed by atoms with Gasteiger partial charge in [-0.15, -0.1) is 0 Å². The summed E-state index contributed by atoms with van der Waals surface area (Å²) < 4.78 is 159. The van der Waals surface area contributed by atoms with E-state index in [1.54, 1.807) is 0 Å². The van der Waals surface area contributed by atoms with Crippen LogP contribution in [0.2, 0.25) is 0 Å². The molecule has 1 rings (SSSR count). The SMILES string of the molecule is FC(F)C(F)C(F)C(F)C(F)C(F)C(F)C(F)C(F)C(F)C(F)[n+]1ccccc1. The molecule has 0 saturated carbocycles. The number of nitrogens with zero attached hydrogens (tertiary/aromatic N) is 1. The normalized spacial score (nSPS) is 22.8. The third-order valence-electron chi connectivity index (χ3n) is 3.96. The maximum absolute atomic E-state index is 13.8. The summed E-state index contributed by atoms with van der Waals surface area (Å²) in [6, 6.07) is 3.71. The van der Waals surface area contributed by atoms with Crippen LogP contribution in [-0.4, -0.2) is 62.0 Å². The lowest BCUT2D eigenvalue weighted by atomic mass is 9.96. The Morgan fingerprint density at radius 3 is 1.03 bits per heavy atom. The molecule has 10 unspecified atom stereocenters. The van der Waals surface area contributed by atoms with Crippen LogP contribution in [0.3, 0.4) is 0 Å². The van der Waals surface area contributed by atoms with Gasteiger partial charge in [-0.1, -0.05) is 6.07 Å². The number of pyridine rings is 1. The number of rotatable bonds is 11. The molecule has 0 fully saturated rings. The predicted octanol–water partition coefficient (Wildman–Crippen LogP) is 4.75. The van der Waals surface area contributed by atoms with E-state index in [1.807, 2.05) is 0 Å². The Labute approximate surface area is 157 Å². The van der Waals surface area contributed by atoms with Crippen molar-refractivity contribution in [1.82, 2.24) is 0 Å². The van der Waals surface area contributed by atoms with Crippen molar-refractivity contribution >= 4 is 0 Å². The predicted molar refractivity (Wildman–Crippen MR) is 76.9 cm³/mol. The second-order valence-corrected chi connectivity index (χ2v) is 6.03. The van der Waals surface area contributed by atoms with E-state index < -0.39 is 68.3 Å². The van der Waals surface area contributed by atoms with Crippen LogP contribution in [0.4, 0.5) is 52.7 Å². The molecule has 1 nitrogen and oxygen atoms in total. The molecule has 0 bridgehead atoms. The van der Waals surface area contributed by atoms with Crippen molar-refractivity contribution in [2.75, 3.05) is 0 Å². The molecule has 0 aliphatic carbocycles. The fourth-order valence-corrected chi connectivity index (χ4v) is 2.26. The van der Waals surface area contributed by atoms with E-state index in [4.69, 9.17) is 0 Å². The van der Waals surface area contributed by atoms with Crippen molar-refractivity contribution in [3.63, 3.8) is 0 Å². The Bertz CT molecular complexity index is 593. The maximum atomic E-state index is 13.8. The van der Waals surface area contributed by atoms with E-state index in [-0.39, 0.29) is 0 Å². The second-order valence-electron chi connectivity index (χ2n) is 6.03. The molecule has 1 heterocycles. The van der Waals surface area contributed by atoms with Gasteiger partial charge in [0.1, 0.15) is 0 Å². The van der Waals surface area contributed by atoms with E-state index in [0.717, 1.165) is 12.4 Å². The summed E-state index contributed by atoms with van der Waals surface area (Å²) in [5.74, 6) is 0. The van der Waals surface area contributed by atoms with E-state index in [0.29, 0.717) is 4.57 Å². The quantitative estimate of drug-likeness (QED) is 0.339. The highest BCUT2D eigenvalue weighted by molar-refractivity contribution is 4.94. The summed E-state index contributed by atoms with van der Waals surface area (Å²) in [4.78, 5) is 0. The molecule has 13 heteroatoms. The van der Waals surface area contributed by atoms with Crippen molar-refractivity contribution in [3.05, 3.63) is 30.6 Å². The summed E-state index contributed by atoms with van der Waals surface area (Å²) in [6.45, 7) is 0. The number of hydrogen-bond acceptors (Lipinski definition) is 0. The average Bonchev–Trinajstić information content (AvgIpc) is 2.74. The Kier molecular flexibility index (Phi) is 9.53. The average molecular weight is 450 g/mol. The van der Waals surface area contributed by atoms with Crippen molar-refractivity contribution in [1.29, 1.82) is 0 Å². The molecule has 0 radical (unpaired) electrons. The van der Waals surface area contributed by atoms with Crippen molar-refractivity contribution in [2.45, 2.75) is 68.3 Å². The fourth-order valence-electron chi connectivity index (χ4n) is 2.26. The van der Waals surface area contributed by atoms with Gasteiger partial charge in [0.25, 0.3) is 6.43 Å². The van der Waals surface area contributed by atoms with Crippen LogP contribution in [0.15, 0.2) is 30.6 Å². The number of hydrogen-bond donors (Lipinski definition) is 0. The minimum atomic E-state index is -4.12. The lowest BCUT2D eigenvalue weighted by Gasteiger charge is -2.27. The van der Waals surface area contributed by atoms with Crippen LogP contribution in [0.1, 0.15) is 6.30 Å². The van der Waals surface area contributed by atoms with Gasteiger partial charge in [0, 0.05) is 12.1 Å². The number of alkyl halides is 12. The lowest BCUT2D eigenvalue weighted by molar-refractivity contribution is -0.754. The first kappa shape index (κ1) is 25.3. The molecule has 29 heavy (non-hydrogen) atoms. The third kappa shape index (κ3) is 6.14. The molecule has 0 aliphatic rings. The van der Waals surface area contributed by atoms with Gasteiger partial charge in [-0.3, -0.25) is 0 Å². The fraction of sp³-hybridized carbons (Fsp3) is 0.688. The Morgan fingerprint density at radius 1 is 0.379 bits per heavy atom. The summed E-state index contributed by atoms with van der Waals surface area (Å²) in [5, 5.41) is 0. The zero-order valence-corrected chi connectivity index (χ0v) is 14.2. The van der Waals surface area contributed by atoms with Crippen LogP contribution in [0, 0.1) is 0 Å². The summed E-state index contributed by atoms with van der Waals surface area (Å²) >= 11 is 0. The van der Waals surface area contributed by atoms with Gasteiger partial charge in [0.15, 0.2) is 61.8 Å². The van der Waals surface area contributed by atoms with Crippen LogP contribution >= 0.6 is 0 Å². The minimum absolute atomic E-state index is 0.416. The molecule has 0 saturated heterocycles. The molecular weight excluding hydrogens is 434 g/mol. The van der Waals surface area contributed by atoms with Gasteiger partial charge in [0.2, 0.25) is 6.17 Å². The smallest absolute Gasteiger partial charge is 0.241 e. The van der Waals surface area contributed by atoms with E-state index >= 15 is 0 Å². The third-order valence-corrected chi connectivity index (χ3v) is 3.96. The van der Waals surface area contributed by atoms with Gasteiger partial charge in [-0.05, 0) is 0 Å². The summed E-state index contributed by atoms with van der Waals surface area (Å²) in [6.07, 6.45) is -40.1.